The van der Waals surface area contributed by atoms with Crippen LogP contribution in [0.15, 0.2) is 6.07 Å². The van der Waals surface area contributed by atoms with Gasteiger partial charge in [-0.2, -0.15) is 0 Å². The van der Waals surface area contributed by atoms with Crippen LogP contribution in [0.1, 0.15) is 55.7 Å². The van der Waals surface area contributed by atoms with Crippen LogP contribution < -0.4 is 0 Å². The van der Waals surface area contributed by atoms with Gasteiger partial charge < -0.3 is 0 Å². The highest BCUT2D eigenvalue weighted by Crippen LogP contribution is 2.32. The first-order valence-electron chi connectivity index (χ1n) is 7.43. The van der Waals surface area contributed by atoms with Crippen LogP contribution in [-0.4, -0.2) is 0 Å². The summed E-state index contributed by atoms with van der Waals surface area (Å²) in [4.78, 5) is 0. The Labute approximate surface area is 115 Å². The van der Waals surface area contributed by atoms with Crippen molar-refractivity contribution < 1.29 is 8.78 Å². The molecule has 0 radical (unpaired) electrons. The van der Waals surface area contributed by atoms with E-state index in [-0.39, 0.29) is 0 Å². The molecule has 0 aromatic heterocycles. The van der Waals surface area contributed by atoms with Crippen molar-refractivity contribution in [3.8, 4) is 0 Å². The molecular formula is C17H24F2. The molecule has 0 aliphatic heterocycles. The van der Waals surface area contributed by atoms with Gasteiger partial charge in [0.25, 0.3) is 0 Å². The van der Waals surface area contributed by atoms with E-state index in [0.717, 1.165) is 17.9 Å². The maximum absolute atomic E-state index is 14.0. The van der Waals surface area contributed by atoms with Crippen molar-refractivity contribution >= 4 is 0 Å². The van der Waals surface area contributed by atoms with Crippen molar-refractivity contribution in [3.05, 3.63) is 34.4 Å². The molecule has 1 aromatic rings. The third-order valence-electron chi connectivity index (χ3n) is 4.65. The van der Waals surface area contributed by atoms with E-state index in [1.807, 2.05) is 6.92 Å². The fraction of sp³-hybridized carbons (Fsp3) is 0.647. The molecule has 0 spiro atoms. The number of aryl methyl sites for hydroxylation is 2. The zero-order valence-corrected chi connectivity index (χ0v) is 12.2. The molecule has 2 rings (SSSR count). The molecule has 0 atom stereocenters. The SMILES string of the molecule is Cc1cc(C)c(CCC2CCC(C)CC2)c(F)c1F. The molecule has 106 valence electrons. The van der Waals surface area contributed by atoms with Crippen LogP contribution in [0.4, 0.5) is 8.78 Å². The van der Waals surface area contributed by atoms with Crippen LogP contribution in [0, 0.1) is 37.3 Å². The molecule has 1 aliphatic carbocycles. The maximum atomic E-state index is 14.0. The molecule has 0 nitrogen and oxygen atoms in total. The van der Waals surface area contributed by atoms with Gasteiger partial charge in [0.05, 0.1) is 0 Å². The highest BCUT2D eigenvalue weighted by atomic mass is 19.2. The maximum Gasteiger partial charge on any atom is 0.162 e. The first-order chi connectivity index (χ1) is 8.99. The van der Waals surface area contributed by atoms with Crippen LogP contribution in [0.5, 0.6) is 0 Å². The molecule has 0 saturated heterocycles. The monoisotopic (exact) mass is 266 g/mol. The zero-order chi connectivity index (χ0) is 14.0. The minimum Gasteiger partial charge on any atom is -0.203 e. The minimum absolute atomic E-state index is 0.408. The summed E-state index contributed by atoms with van der Waals surface area (Å²) in [6.07, 6.45) is 6.73. The van der Waals surface area contributed by atoms with E-state index >= 15 is 0 Å². The smallest absolute Gasteiger partial charge is 0.162 e. The minimum atomic E-state index is -0.669. The van der Waals surface area contributed by atoms with E-state index in [1.165, 1.54) is 25.7 Å². The summed E-state index contributed by atoms with van der Waals surface area (Å²) in [5.41, 5.74) is 1.88. The summed E-state index contributed by atoms with van der Waals surface area (Å²) in [5.74, 6) is 0.241. The summed E-state index contributed by atoms with van der Waals surface area (Å²) >= 11 is 0. The lowest BCUT2D eigenvalue weighted by Crippen LogP contribution is -2.13. The van der Waals surface area contributed by atoms with Gasteiger partial charge in [-0.25, -0.2) is 8.78 Å². The first-order valence-corrected chi connectivity index (χ1v) is 7.43. The Hall–Kier alpha value is -0.920. The van der Waals surface area contributed by atoms with E-state index in [2.05, 4.69) is 6.92 Å². The summed E-state index contributed by atoms with van der Waals surface area (Å²) < 4.78 is 27.6. The van der Waals surface area contributed by atoms with Crippen molar-refractivity contribution in [2.45, 2.75) is 59.3 Å². The lowest BCUT2D eigenvalue weighted by Gasteiger charge is -2.26. The summed E-state index contributed by atoms with van der Waals surface area (Å²) in [7, 11) is 0. The van der Waals surface area contributed by atoms with Gasteiger partial charge in [-0.1, -0.05) is 38.7 Å². The van der Waals surface area contributed by atoms with E-state index in [1.54, 1.807) is 13.0 Å². The molecule has 1 saturated carbocycles. The van der Waals surface area contributed by atoms with E-state index in [9.17, 15) is 8.78 Å². The topological polar surface area (TPSA) is 0 Å². The first kappa shape index (κ1) is 14.5. The number of rotatable bonds is 3. The van der Waals surface area contributed by atoms with Crippen LogP contribution in [-0.2, 0) is 6.42 Å². The quantitative estimate of drug-likeness (QED) is 0.692. The van der Waals surface area contributed by atoms with Crippen molar-refractivity contribution in [1.29, 1.82) is 0 Å². The Morgan fingerprint density at radius 3 is 2.26 bits per heavy atom. The second kappa shape index (κ2) is 6.02. The zero-order valence-electron chi connectivity index (χ0n) is 12.2. The van der Waals surface area contributed by atoms with Crippen LogP contribution in [0.2, 0.25) is 0 Å². The number of benzene rings is 1. The third kappa shape index (κ3) is 3.34. The second-order valence-corrected chi connectivity index (χ2v) is 6.28. The molecule has 0 bridgehead atoms. The van der Waals surface area contributed by atoms with Crippen molar-refractivity contribution in [1.82, 2.24) is 0 Å². The van der Waals surface area contributed by atoms with Gasteiger partial charge in [0.1, 0.15) is 0 Å². The Bertz CT molecular complexity index is 443. The van der Waals surface area contributed by atoms with Gasteiger partial charge >= 0.3 is 0 Å². The molecule has 2 heteroatoms. The highest BCUT2D eigenvalue weighted by molar-refractivity contribution is 5.33. The fourth-order valence-corrected chi connectivity index (χ4v) is 3.23. The van der Waals surface area contributed by atoms with E-state index in [4.69, 9.17) is 0 Å². The van der Waals surface area contributed by atoms with Crippen LogP contribution in [0.25, 0.3) is 0 Å². The van der Waals surface area contributed by atoms with Gasteiger partial charge in [-0.15, -0.1) is 0 Å². The standard InChI is InChI=1S/C17H24F2/c1-11-4-6-14(7-5-11)8-9-15-12(2)10-13(3)16(18)17(15)19/h10-11,14H,4-9H2,1-3H3. The summed E-state index contributed by atoms with van der Waals surface area (Å²) in [5, 5.41) is 0. The van der Waals surface area contributed by atoms with Gasteiger partial charge in [0.2, 0.25) is 0 Å². The van der Waals surface area contributed by atoms with E-state index < -0.39 is 11.6 Å². The Balaban J connectivity index is 2.02. The fourth-order valence-electron chi connectivity index (χ4n) is 3.23. The molecule has 0 N–H and O–H groups in total. The lowest BCUT2D eigenvalue weighted by molar-refractivity contribution is 0.277. The molecule has 0 unspecified atom stereocenters. The number of hydrogen-bond donors (Lipinski definition) is 0. The normalized spacial score (nSPS) is 23.6. The molecule has 1 aromatic carbocycles. The average Bonchev–Trinajstić information content (AvgIpc) is 2.38. The summed E-state index contributed by atoms with van der Waals surface area (Å²) in [6, 6.07) is 1.76. The Morgan fingerprint density at radius 2 is 1.63 bits per heavy atom. The van der Waals surface area contributed by atoms with Crippen LogP contribution >= 0.6 is 0 Å². The molecule has 19 heavy (non-hydrogen) atoms. The number of halogens is 2. The lowest BCUT2D eigenvalue weighted by atomic mass is 9.80. The average molecular weight is 266 g/mol. The van der Waals surface area contributed by atoms with Gasteiger partial charge in [0, 0.05) is 0 Å². The largest absolute Gasteiger partial charge is 0.203 e. The summed E-state index contributed by atoms with van der Waals surface area (Å²) in [6.45, 7) is 5.81. The molecule has 1 fully saturated rings. The van der Waals surface area contributed by atoms with Gasteiger partial charge in [-0.3, -0.25) is 0 Å². The van der Waals surface area contributed by atoms with Crippen molar-refractivity contribution in [3.63, 3.8) is 0 Å². The molecule has 0 heterocycles. The second-order valence-electron chi connectivity index (χ2n) is 6.28. The predicted molar refractivity (Wildman–Crippen MR) is 75.3 cm³/mol. The van der Waals surface area contributed by atoms with Gasteiger partial charge in [-0.05, 0) is 55.2 Å². The van der Waals surface area contributed by atoms with Crippen molar-refractivity contribution in [2.24, 2.45) is 11.8 Å². The van der Waals surface area contributed by atoms with Crippen molar-refractivity contribution in [2.75, 3.05) is 0 Å². The highest BCUT2D eigenvalue weighted by Gasteiger charge is 2.20. The van der Waals surface area contributed by atoms with E-state index in [0.29, 0.717) is 23.5 Å². The molecular weight excluding hydrogens is 242 g/mol. The van der Waals surface area contributed by atoms with Gasteiger partial charge in [0.15, 0.2) is 11.6 Å². The Kier molecular flexibility index (Phi) is 4.59. The molecule has 1 aliphatic rings. The van der Waals surface area contributed by atoms with Crippen LogP contribution in [0.3, 0.4) is 0 Å². The predicted octanol–water partition coefficient (Wildman–Crippen LogP) is 5.34. The number of hydrogen-bond acceptors (Lipinski definition) is 0. The third-order valence-corrected chi connectivity index (χ3v) is 4.65. The Morgan fingerprint density at radius 1 is 1.00 bits per heavy atom. The molecule has 0 amide bonds.